The van der Waals surface area contributed by atoms with Crippen molar-refractivity contribution in [1.29, 1.82) is 0 Å². The highest BCUT2D eigenvalue weighted by Gasteiger charge is 2.15. The van der Waals surface area contributed by atoms with Crippen molar-refractivity contribution in [2.75, 3.05) is 18.6 Å². The molecule has 3 heteroatoms. The molecule has 3 nitrogen and oxygen atoms in total. The monoisotopic (exact) mass is 765 g/mol. The zero-order chi connectivity index (χ0) is 40.7. The van der Waals surface area contributed by atoms with Crippen molar-refractivity contribution in [1.82, 2.24) is 0 Å². The number of rotatable bonds is 18. The molecule has 0 fully saturated rings. The number of methoxy groups -OCH3 is 1. The van der Waals surface area contributed by atoms with Crippen molar-refractivity contribution >= 4 is 53.5 Å². The van der Waals surface area contributed by atoms with Crippen LogP contribution in [-0.4, -0.2) is 13.7 Å². The number of anilines is 3. The summed E-state index contributed by atoms with van der Waals surface area (Å²) < 4.78 is 12.5. The van der Waals surface area contributed by atoms with Crippen LogP contribution in [0.5, 0.6) is 11.5 Å². The first kappa shape index (κ1) is 41.6. The van der Waals surface area contributed by atoms with Crippen molar-refractivity contribution in [2.45, 2.75) is 60.3 Å². The summed E-state index contributed by atoms with van der Waals surface area (Å²) in [7, 11) is 1.74. The van der Waals surface area contributed by atoms with Gasteiger partial charge in [-0.1, -0.05) is 179 Å². The first-order valence-electron chi connectivity index (χ1n) is 20.8. The van der Waals surface area contributed by atoms with Crippen LogP contribution in [0, 0.1) is 25.7 Å². The summed E-state index contributed by atoms with van der Waals surface area (Å²) in [6, 6.07) is 49.2. The lowest BCUT2D eigenvalue weighted by atomic mass is 9.97. The summed E-state index contributed by atoms with van der Waals surface area (Å²) in [5.74, 6) is 3.04. The highest BCUT2D eigenvalue weighted by atomic mass is 16.5. The molecule has 0 N–H and O–H groups in total. The van der Waals surface area contributed by atoms with Crippen molar-refractivity contribution in [3.63, 3.8) is 0 Å². The van der Waals surface area contributed by atoms with Gasteiger partial charge in [0.15, 0.2) is 0 Å². The second kappa shape index (κ2) is 20.9. The zero-order valence-corrected chi connectivity index (χ0v) is 35.2. The van der Waals surface area contributed by atoms with E-state index in [9.17, 15) is 0 Å². The van der Waals surface area contributed by atoms with E-state index >= 15 is 0 Å². The van der Waals surface area contributed by atoms with Gasteiger partial charge in [-0.25, -0.2) is 0 Å². The molecule has 1 unspecified atom stereocenters. The lowest BCUT2D eigenvalue weighted by Crippen LogP contribution is -2.11. The molecular formula is C55H59NO2. The fourth-order valence-corrected chi connectivity index (χ4v) is 7.19. The number of benzene rings is 6. The van der Waals surface area contributed by atoms with Gasteiger partial charge in [0.1, 0.15) is 11.5 Å². The maximum Gasteiger partial charge on any atom is 0.127 e. The van der Waals surface area contributed by atoms with Crippen LogP contribution in [-0.2, 0) is 0 Å². The lowest BCUT2D eigenvalue weighted by Gasteiger charge is -2.27. The van der Waals surface area contributed by atoms with Crippen LogP contribution in [0.15, 0.2) is 140 Å². The Hall–Kier alpha value is -6.06. The maximum atomic E-state index is 6.55. The van der Waals surface area contributed by atoms with Crippen molar-refractivity contribution in [3.05, 3.63) is 184 Å². The van der Waals surface area contributed by atoms with Gasteiger partial charge in [0.2, 0.25) is 0 Å². The second-order valence-electron chi connectivity index (χ2n) is 15.8. The van der Waals surface area contributed by atoms with Gasteiger partial charge >= 0.3 is 0 Å². The maximum absolute atomic E-state index is 6.55. The summed E-state index contributed by atoms with van der Waals surface area (Å²) in [5, 5.41) is 0. The molecule has 0 heterocycles. The van der Waals surface area contributed by atoms with Gasteiger partial charge in [-0.05, 0) is 102 Å². The number of hydrogen-bond acceptors (Lipinski definition) is 3. The summed E-state index contributed by atoms with van der Waals surface area (Å²) in [5.41, 5.74) is 12.4. The van der Waals surface area contributed by atoms with Gasteiger partial charge in [-0.15, -0.1) is 0 Å². The molecule has 0 aliphatic heterocycles. The van der Waals surface area contributed by atoms with E-state index in [0.29, 0.717) is 12.5 Å². The van der Waals surface area contributed by atoms with E-state index in [1.807, 2.05) is 12.1 Å². The molecule has 0 aromatic heterocycles. The third kappa shape index (κ3) is 12.0. The molecule has 6 aromatic rings. The van der Waals surface area contributed by atoms with E-state index in [2.05, 4.69) is 203 Å². The fourth-order valence-electron chi connectivity index (χ4n) is 7.19. The molecule has 58 heavy (non-hydrogen) atoms. The highest BCUT2D eigenvalue weighted by molar-refractivity contribution is 5.82. The van der Waals surface area contributed by atoms with Crippen LogP contribution < -0.4 is 14.4 Å². The van der Waals surface area contributed by atoms with E-state index < -0.39 is 0 Å². The van der Waals surface area contributed by atoms with Crippen LogP contribution in [0.1, 0.15) is 91.0 Å². The highest BCUT2D eigenvalue weighted by Crippen LogP contribution is 2.38. The fraction of sp³-hybridized carbons (Fsp3) is 0.236. The molecule has 0 aliphatic rings. The van der Waals surface area contributed by atoms with E-state index in [-0.39, 0.29) is 0 Å². The van der Waals surface area contributed by atoms with Crippen molar-refractivity contribution in [3.8, 4) is 11.5 Å². The Morgan fingerprint density at radius 1 is 0.517 bits per heavy atom. The van der Waals surface area contributed by atoms with Crippen molar-refractivity contribution in [2.24, 2.45) is 11.8 Å². The smallest absolute Gasteiger partial charge is 0.127 e. The minimum Gasteiger partial charge on any atom is -0.496 e. The van der Waals surface area contributed by atoms with E-state index in [1.165, 1.54) is 36.0 Å². The minimum absolute atomic E-state index is 0.620. The second-order valence-corrected chi connectivity index (χ2v) is 15.8. The van der Waals surface area contributed by atoms with E-state index in [0.717, 1.165) is 68.7 Å². The topological polar surface area (TPSA) is 21.7 Å². The molecule has 1 atom stereocenters. The van der Waals surface area contributed by atoms with Crippen LogP contribution >= 0.6 is 0 Å². The Morgan fingerprint density at radius 2 is 1.02 bits per heavy atom. The first-order valence-corrected chi connectivity index (χ1v) is 20.8. The van der Waals surface area contributed by atoms with Crippen LogP contribution in [0.4, 0.5) is 17.1 Å². The summed E-state index contributed by atoms with van der Waals surface area (Å²) in [6.07, 6.45) is 17.7. The van der Waals surface area contributed by atoms with Crippen molar-refractivity contribution < 1.29 is 9.47 Å². The van der Waals surface area contributed by atoms with E-state index in [4.69, 9.17) is 9.47 Å². The quantitative estimate of drug-likeness (QED) is 0.0814. The van der Waals surface area contributed by atoms with Gasteiger partial charge in [-0.3, -0.25) is 0 Å². The van der Waals surface area contributed by atoms with Crippen LogP contribution in [0.3, 0.4) is 0 Å². The molecule has 0 aliphatic carbocycles. The first-order chi connectivity index (χ1) is 28.2. The summed E-state index contributed by atoms with van der Waals surface area (Å²) in [6.45, 7) is 12.0. The molecule has 0 saturated carbocycles. The SMILES string of the molecule is COc1cc(C=Cc2ccccc2)c(OCCC(C)CCCC(C)C)cc1C=Cc1ccc(N(c2ccc(C=Cc3ccccc3)cc2)c2ccc(C)cc2C)cc1. The molecule has 0 spiro atoms. The average Bonchev–Trinajstić information content (AvgIpc) is 3.24. The summed E-state index contributed by atoms with van der Waals surface area (Å²) >= 11 is 0. The number of nitrogens with zero attached hydrogens (tertiary/aromatic N) is 1. The Bertz CT molecular complexity index is 2270. The molecule has 296 valence electrons. The Morgan fingerprint density at radius 3 is 1.53 bits per heavy atom. The molecule has 0 saturated heterocycles. The van der Waals surface area contributed by atoms with Crippen LogP contribution in [0.2, 0.25) is 0 Å². The number of ether oxygens (including phenoxy) is 2. The van der Waals surface area contributed by atoms with Gasteiger partial charge < -0.3 is 14.4 Å². The van der Waals surface area contributed by atoms with E-state index in [1.54, 1.807) is 7.11 Å². The van der Waals surface area contributed by atoms with Gasteiger partial charge in [0, 0.05) is 28.2 Å². The molecule has 0 amide bonds. The lowest BCUT2D eigenvalue weighted by molar-refractivity contribution is 0.275. The standard InChI is InChI=1S/C55H59NO2/c1-41(2)14-13-15-42(3)36-37-58-55-40-49(54(57-6)39-50(55)30-23-46-18-11-8-12-19-46)29-24-48-27-33-52(34-28-48)56(53-35-20-43(4)38-44(53)5)51-31-25-47(26-32-51)22-21-45-16-9-7-10-17-45/h7-12,16-35,38-42H,13-15,36-37H2,1-6H3. The predicted molar refractivity (Wildman–Crippen MR) is 251 cm³/mol. The van der Waals surface area contributed by atoms with Crippen LogP contribution in [0.25, 0.3) is 36.5 Å². The third-order valence-corrected chi connectivity index (χ3v) is 10.6. The summed E-state index contributed by atoms with van der Waals surface area (Å²) in [4.78, 5) is 2.34. The van der Waals surface area contributed by atoms with Gasteiger partial charge in [0.25, 0.3) is 0 Å². The molecular weight excluding hydrogens is 707 g/mol. The molecule has 0 radical (unpaired) electrons. The Balaban J connectivity index is 1.24. The number of hydrogen-bond donors (Lipinski definition) is 0. The minimum atomic E-state index is 0.620. The predicted octanol–water partition coefficient (Wildman–Crippen LogP) is 15.5. The average molecular weight is 766 g/mol. The molecule has 6 aromatic carbocycles. The van der Waals surface area contributed by atoms with Gasteiger partial charge in [-0.2, -0.15) is 0 Å². The Labute approximate surface area is 348 Å². The Kier molecular flexibility index (Phi) is 15.0. The molecule has 6 rings (SSSR count). The normalized spacial score (nSPS) is 12.2. The zero-order valence-electron chi connectivity index (χ0n) is 35.2. The largest absolute Gasteiger partial charge is 0.496 e. The molecule has 0 bridgehead atoms. The number of aryl methyl sites for hydroxylation is 2. The third-order valence-electron chi connectivity index (χ3n) is 10.6. The van der Waals surface area contributed by atoms with Gasteiger partial charge in [0.05, 0.1) is 13.7 Å².